The number of hydrogen-bond acceptors (Lipinski definition) is 4. The van der Waals surface area contributed by atoms with E-state index in [1.54, 1.807) is 30.1 Å². The molecule has 1 saturated heterocycles. The van der Waals surface area contributed by atoms with Gasteiger partial charge in [0.25, 0.3) is 5.91 Å². The van der Waals surface area contributed by atoms with Gasteiger partial charge in [-0.05, 0) is 68.8 Å². The van der Waals surface area contributed by atoms with Gasteiger partial charge in [-0.1, -0.05) is 24.1 Å². The molecule has 2 aliphatic heterocycles. The molecule has 0 radical (unpaired) electrons. The van der Waals surface area contributed by atoms with Crippen molar-refractivity contribution in [2.24, 2.45) is 0 Å². The Balaban J connectivity index is 1.50. The number of carbonyl (C=O) groups is 2. The van der Waals surface area contributed by atoms with E-state index in [0.29, 0.717) is 28.7 Å². The minimum Gasteiger partial charge on any atom is -0.383 e. The number of likely N-dealkylation sites (tertiary alicyclic amines) is 1. The topological polar surface area (TPSA) is 64.7 Å². The lowest BCUT2D eigenvalue weighted by Gasteiger charge is -2.33. The van der Waals surface area contributed by atoms with Crippen LogP contribution in [0, 0.1) is 0 Å². The summed E-state index contributed by atoms with van der Waals surface area (Å²) in [6, 6.07) is 11.5. The molecule has 1 atom stereocenters. The summed E-state index contributed by atoms with van der Waals surface area (Å²) >= 11 is 6.22. The molecule has 0 aromatic heterocycles. The van der Waals surface area contributed by atoms with Crippen LogP contribution in [0.5, 0.6) is 0 Å². The van der Waals surface area contributed by atoms with Crippen LogP contribution in [0.4, 0.5) is 17.1 Å². The van der Waals surface area contributed by atoms with E-state index in [-0.39, 0.29) is 11.8 Å². The lowest BCUT2D eigenvalue weighted by molar-refractivity contribution is -0.118. The second-order valence-corrected chi connectivity index (χ2v) is 8.89. The molecule has 0 saturated carbocycles. The van der Waals surface area contributed by atoms with Crippen molar-refractivity contribution < 1.29 is 9.59 Å². The number of nitrogens with zero attached hydrogens (tertiary/aromatic N) is 2. The quantitative estimate of drug-likeness (QED) is 0.723. The molecule has 2 aromatic carbocycles. The normalized spacial score (nSPS) is 19.1. The van der Waals surface area contributed by atoms with Crippen molar-refractivity contribution in [3.8, 4) is 0 Å². The van der Waals surface area contributed by atoms with Crippen LogP contribution < -0.4 is 15.5 Å². The highest BCUT2D eigenvalue weighted by Gasteiger charge is 2.22. The van der Waals surface area contributed by atoms with Crippen LogP contribution in [0.1, 0.15) is 41.6 Å². The predicted molar refractivity (Wildman–Crippen MR) is 126 cm³/mol. The number of nitrogens with one attached hydrogen (secondary N) is 2. The summed E-state index contributed by atoms with van der Waals surface area (Å²) in [5.41, 5.74) is 3.91. The van der Waals surface area contributed by atoms with Crippen molar-refractivity contribution in [1.29, 1.82) is 0 Å². The fraction of sp³-hybridized carbons (Fsp3) is 0.417. The van der Waals surface area contributed by atoms with E-state index in [2.05, 4.69) is 22.6 Å². The van der Waals surface area contributed by atoms with Crippen LogP contribution >= 0.6 is 11.6 Å². The minimum absolute atomic E-state index is 0.0906. The third-order valence-electron chi connectivity index (χ3n) is 6.36. The fourth-order valence-corrected chi connectivity index (χ4v) is 4.57. The molecule has 164 valence electrons. The molecule has 0 spiro atoms. The number of anilines is 3. The van der Waals surface area contributed by atoms with Gasteiger partial charge in [0.2, 0.25) is 5.91 Å². The highest BCUT2D eigenvalue weighted by Crippen LogP contribution is 2.30. The second kappa shape index (κ2) is 9.28. The smallest absolute Gasteiger partial charge is 0.257 e. The van der Waals surface area contributed by atoms with Crippen molar-refractivity contribution in [2.75, 3.05) is 42.7 Å². The van der Waals surface area contributed by atoms with Gasteiger partial charge >= 0.3 is 0 Å². The number of benzene rings is 2. The second-order valence-electron chi connectivity index (χ2n) is 8.45. The maximum absolute atomic E-state index is 13.1. The number of halogens is 1. The third-order valence-corrected chi connectivity index (χ3v) is 6.60. The molecule has 1 fully saturated rings. The Morgan fingerprint density at radius 2 is 1.97 bits per heavy atom. The first-order valence-corrected chi connectivity index (χ1v) is 11.2. The number of piperidine rings is 1. The largest absolute Gasteiger partial charge is 0.383 e. The number of likely N-dealkylation sites (N-methyl/N-ethyl adjacent to an activating group) is 1. The highest BCUT2D eigenvalue weighted by molar-refractivity contribution is 6.31. The average molecular weight is 441 g/mol. The summed E-state index contributed by atoms with van der Waals surface area (Å²) in [4.78, 5) is 29.1. The fourth-order valence-electron chi connectivity index (χ4n) is 4.40. The summed E-state index contributed by atoms with van der Waals surface area (Å²) in [6.45, 7) is 1.87. The SMILES string of the molecule is CN1C(=O)CCc2ccc(NC(=O)c3ccc(Cl)cc3NCC3CCCCN3C)cc21. The average Bonchev–Trinajstić information content (AvgIpc) is 2.76. The van der Waals surface area contributed by atoms with Gasteiger partial charge in [0.05, 0.1) is 5.56 Å². The van der Waals surface area contributed by atoms with Crippen molar-refractivity contribution in [3.05, 3.63) is 52.5 Å². The number of rotatable bonds is 5. The van der Waals surface area contributed by atoms with E-state index in [1.807, 2.05) is 18.2 Å². The van der Waals surface area contributed by atoms with Gasteiger partial charge < -0.3 is 20.4 Å². The molecule has 2 amide bonds. The maximum Gasteiger partial charge on any atom is 0.257 e. The van der Waals surface area contributed by atoms with Crippen molar-refractivity contribution in [2.45, 2.75) is 38.1 Å². The van der Waals surface area contributed by atoms with Gasteiger partial charge in [-0.2, -0.15) is 0 Å². The summed E-state index contributed by atoms with van der Waals surface area (Å²) < 4.78 is 0. The molecule has 2 heterocycles. The molecule has 31 heavy (non-hydrogen) atoms. The molecule has 2 aromatic rings. The molecule has 0 bridgehead atoms. The first kappa shape index (κ1) is 21.7. The number of aryl methyl sites for hydroxylation is 1. The Kier molecular flexibility index (Phi) is 6.49. The number of fused-ring (bicyclic) bond motifs is 1. The zero-order valence-electron chi connectivity index (χ0n) is 18.1. The Labute approximate surface area is 188 Å². The van der Waals surface area contributed by atoms with Gasteiger partial charge in [0.1, 0.15) is 0 Å². The number of amides is 2. The first-order valence-electron chi connectivity index (χ1n) is 10.9. The Morgan fingerprint density at radius 1 is 1.13 bits per heavy atom. The van der Waals surface area contributed by atoms with Gasteiger partial charge in [-0.15, -0.1) is 0 Å². The molecular weight excluding hydrogens is 412 g/mol. The summed E-state index contributed by atoms with van der Waals surface area (Å²) in [5.74, 6) is -0.117. The summed E-state index contributed by atoms with van der Waals surface area (Å²) in [6.07, 6.45) is 4.86. The number of hydrogen-bond donors (Lipinski definition) is 2. The van der Waals surface area contributed by atoms with E-state index in [9.17, 15) is 9.59 Å². The van der Waals surface area contributed by atoms with Gasteiger partial charge in [0.15, 0.2) is 0 Å². The van der Waals surface area contributed by atoms with Crippen LogP contribution in [0.25, 0.3) is 0 Å². The Morgan fingerprint density at radius 3 is 2.77 bits per heavy atom. The standard InChI is InChI=1S/C24H29ClN4O2/c1-28-12-4-3-5-19(28)15-26-21-13-17(25)8-10-20(21)24(31)27-18-9-6-16-7-11-23(30)29(2)22(16)14-18/h6,8-10,13-14,19,26H,3-5,7,11-12,15H2,1-2H3,(H,27,31). The van der Waals surface area contributed by atoms with Crippen molar-refractivity contribution >= 4 is 40.5 Å². The molecular formula is C24H29ClN4O2. The zero-order chi connectivity index (χ0) is 22.0. The molecule has 0 aliphatic carbocycles. The number of carbonyl (C=O) groups excluding carboxylic acids is 2. The molecule has 2 N–H and O–H groups in total. The van der Waals surface area contributed by atoms with E-state index in [4.69, 9.17) is 11.6 Å². The van der Waals surface area contributed by atoms with Crippen molar-refractivity contribution in [1.82, 2.24) is 4.90 Å². The van der Waals surface area contributed by atoms with Crippen LogP contribution in [-0.2, 0) is 11.2 Å². The highest BCUT2D eigenvalue weighted by atomic mass is 35.5. The van der Waals surface area contributed by atoms with E-state index < -0.39 is 0 Å². The zero-order valence-corrected chi connectivity index (χ0v) is 18.8. The molecule has 4 rings (SSSR count). The minimum atomic E-state index is -0.207. The van der Waals surface area contributed by atoms with Gasteiger partial charge in [-0.25, -0.2) is 0 Å². The molecule has 7 heteroatoms. The molecule has 2 aliphatic rings. The monoisotopic (exact) mass is 440 g/mol. The van der Waals surface area contributed by atoms with E-state index in [1.165, 1.54) is 12.8 Å². The van der Waals surface area contributed by atoms with E-state index >= 15 is 0 Å². The predicted octanol–water partition coefficient (Wildman–Crippen LogP) is 4.40. The van der Waals surface area contributed by atoms with Crippen molar-refractivity contribution in [3.63, 3.8) is 0 Å². The van der Waals surface area contributed by atoms with Crippen LogP contribution in [0.2, 0.25) is 5.02 Å². The van der Waals surface area contributed by atoms with Gasteiger partial charge in [-0.3, -0.25) is 9.59 Å². The van der Waals surface area contributed by atoms with Crippen LogP contribution in [-0.4, -0.2) is 49.9 Å². The first-order chi connectivity index (χ1) is 14.9. The van der Waals surface area contributed by atoms with Gasteiger partial charge in [0, 0.05) is 48.1 Å². The maximum atomic E-state index is 13.1. The van der Waals surface area contributed by atoms with E-state index in [0.717, 1.165) is 42.9 Å². The Hall–Kier alpha value is -2.57. The summed E-state index contributed by atoms with van der Waals surface area (Å²) in [5, 5.41) is 7.01. The molecule has 1 unspecified atom stereocenters. The summed E-state index contributed by atoms with van der Waals surface area (Å²) in [7, 11) is 3.92. The Bertz CT molecular complexity index is 994. The molecule has 6 nitrogen and oxygen atoms in total. The van der Waals surface area contributed by atoms with Crippen LogP contribution in [0.15, 0.2) is 36.4 Å². The lowest BCUT2D eigenvalue weighted by Crippen LogP contribution is -2.40. The van der Waals surface area contributed by atoms with Crippen LogP contribution in [0.3, 0.4) is 0 Å². The lowest BCUT2D eigenvalue weighted by atomic mass is 10.0. The third kappa shape index (κ3) is 4.86.